The quantitative estimate of drug-likeness (QED) is 0.679. The first-order valence-electron chi connectivity index (χ1n) is 10.3. The van der Waals surface area contributed by atoms with Crippen LogP contribution in [0.2, 0.25) is 0 Å². The van der Waals surface area contributed by atoms with E-state index in [1.165, 1.54) is 4.90 Å². The zero-order valence-electron chi connectivity index (χ0n) is 19.3. The Kier molecular flexibility index (Phi) is 5.69. The number of hydrogen-bond acceptors (Lipinski definition) is 4. The van der Waals surface area contributed by atoms with E-state index in [4.69, 9.17) is 4.98 Å². The van der Waals surface area contributed by atoms with Gasteiger partial charge in [-0.1, -0.05) is 20.8 Å². The smallest absolute Gasteiger partial charge is 0.408 e. The van der Waals surface area contributed by atoms with Crippen LogP contribution < -0.4 is 5.69 Å². The number of aromatic nitrogens is 4. The monoisotopic (exact) mass is 425 g/mol. The maximum Gasteiger partial charge on any atom is 0.408 e. The zero-order valence-corrected chi connectivity index (χ0v) is 19.3. The van der Waals surface area contributed by atoms with Gasteiger partial charge in [0.25, 0.3) is 0 Å². The molecular formula is C23H31N5O3. The first-order valence-corrected chi connectivity index (χ1v) is 10.3. The van der Waals surface area contributed by atoms with Gasteiger partial charge in [-0.2, -0.15) is 0 Å². The van der Waals surface area contributed by atoms with E-state index < -0.39 is 11.6 Å². The summed E-state index contributed by atoms with van der Waals surface area (Å²) in [7, 11) is 1.73. The van der Waals surface area contributed by atoms with E-state index >= 15 is 0 Å². The third kappa shape index (κ3) is 4.78. The van der Waals surface area contributed by atoms with Crippen LogP contribution >= 0.6 is 0 Å². The number of pyridine rings is 2. The Labute approximate surface area is 182 Å². The molecule has 0 spiro atoms. The Bertz CT molecular complexity index is 1180. The summed E-state index contributed by atoms with van der Waals surface area (Å²) >= 11 is 0. The van der Waals surface area contributed by atoms with Gasteiger partial charge < -0.3 is 5.11 Å². The van der Waals surface area contributed by atoms with E-state index in [0.717, 1.165) is 16.6 Å². The predicted molar refractivity (Wildman–Crippen MR) is 121 cm³/mol. The molecule has 3 aromatic rings. The number of hydrogen-bond donors (Lipinski definition) is 1. The second-order valence-electron chi connectivity index (χ2n) is 10.1. The first kappa shape index (κ1) is 22.5. The molecule has 3 heterocycles. The van der Waals surface area contributed by atoms with Gasteiger partial charge in [-0.15, -0.1) is 0 Å². The highest BCUT2D eigenvalue weighted by Crippen LogP contribution is 2.24. The molecule has 0 aliphatic carbocycles. The molecule has 0 unspecified atom stereocenters. The van der Waals surface area contributed by atoms with Crippen LogP contribution in [-0.4, -0.2) is 40.7 Å². The summed E-state index contributed by atoms with van der Waals surface area (Å²) in [6.07, 6.45) is 2.39. The van der Waals surface area contributed by atoms with Crippen molar-refractivity contribution in [3.8, 4) is 11.3 Å². The number of fused-ring (bicyclic) bond motifs is 1. The molecule has 0 atom stereocenters. The highest BCUT2D eigenvalue weighted by molar-refractivity contribution is 5.76. The molecule has 8 heteroatoms. The molecule has 0 aliphatic heterocycles. The van der Waals surface area contributed by atoms with Crippen molar-refractivity contribution in [2.24, 2.45) is 12.5 Å². The van der Waals surface area contributed by atoms with E-state index in [0.29, 0.717) is 17.9 Å². The number of amides is 1. The van der Waals surface area contributed by atoms with Gasteiger partial charge in [0.15, 0.2) is 5.65 Å². The van der Waals surface area contributed by atoms with Crippen molar-refractivity contribution < 1.29 is 9.90 Å². The van der Waals surface area contributed by atoms with E-state index in [9.17, 15) is 14.7 Å². The maximum atomic E-state index is 12.8. The Morgan fingerprint density at radius 1 is 1.13 bits per heavy atom. The average molecular weight is 426 g/mol. The van der Waals surface area contributed by atoms with Crippen LogP contribution in [0.4, 0.5) is 4.79 Å². The molecule has 1 amide bonds. The fourth-order valence-electron chi connectivity index (χ4n) is 3.55. The lowest BCUT2D eigenvalue weighted by atomic mass is 9.97. The number of carbonyl (C=O) groups is 1. The summed E-state index contributed by atoms with van der Waals surface area (Å²) in [5.74, 6) is 0. The highest BCUT2D eigenvalue weighted by atomic mass is 16.4. The molecule has 3 rings (SSSR count). The fraction of sp³-hybridized carbons (Fsp3) is 0.478. The molecule has 3 aromatic heterocycles. The number of imidazole rings is 1. The average Bonchev–Trinajstić information content (AvgIpc) is 2.88. The van der Waals surface area contributed by atoms with Crippen LogP contribution in [0.15, 0.2) is 35.4 Å². The molecular weight excluding hydrogens is 394 g/mol. The van der Waals surface area contributed by atoms with Crippen molar-refractivity contribution in [3.05, 3.63) is 46.6 Å². The molecule has 0 aliphatic rings. The van der Waals surface area contributed by atoms with Crippen LogP contribution in [0.3, 0.4) is 0 Å². The predicted octanol–water partition coefficient (Wildman–Crippen LogP) is 4.12. The number of carboxylic acid groups (broad SMARTS) is 1. The normalized spacial score (nSPS) is 12.4. The van der Waals surface area contributed by atoms with Gasteiger partial charge in [-0.05, 0) is 49.9 Å². The summed E-state index contributed by atoms with van der Waals surface area (Å²) < 4.78 is 3.32. The molecule has 8 nitrogen and oxygen atoms in total. The topological polar surface area (TPSA) is 93.2 Å². The van der Waals surface area contributed by atoms with E-state index in [1.807, 2.05) is 39.0 Å². The molecule has 0 radical (unpaired) electrons. The fourth-order valence-corrected chi connectivity index (χ4v) is 3.55. The zero-order chi connectivity index (χ0) is 23.1. The van der Waals surface area contributed by atoms with Crippen molar-refractivity contribution in [2.45, 2.75) is 60.2 Å². The summed E-state index contributed by atoms with van der Waals surface area (Å²) in [5, 5.41) is 9.57. The van der Waals surface area contributed by atoms with Crippen molar-refractivity contribution in [1.29, 1.82) is 0 Å². The van der Waals surface area contributed by atoms with Crippen molar-refractivity contribution in [2.75, 3.05) is 0 Å². The van der Waals surface area contributed by atoms with Gasteiger partial charge in [0.1, 0.15) is 0 Å². The Morgan fingerprint density at radius 2 is 1.81 bits per heavy atom. The summed E-state index contributed by atoms with van der Waals surface area (Å²) in [4.78, 5) is 34.8. The van der Waals surface area contributed by atoms with Gasteiger partial charge in [-0.3, -0.25) is 19.0 Å². The van der Waals surface area contributed by atoms with E-state index in [2.05, 4.69) is 25.8 Å². The van der Waals surface area contributed by atoms with Crippen LogP contribution in [0, 0.1) is 5.41 Å². The first-order chi connectivity index (χ1) is 14.3. The number of rotatable bonds is 4. The standard InChI is InChI=1S/C23H31N5O3/c1-22(2,3)14-27-18-9-8-17(25-19(18)26(7)20(27)29)16-10-15(11-24-12-16)13-28(21(30)31)23(4,5)6/h8-12H,13-14H2,1-7H3,(H,30,31). The largest absolute Gasteiger partial charge is 0.465 e. The van der Waals surface area contributed by atoms with Crippen molar-refractivity contribution in [3.63, 3.8) is 0 Å². The number of nitrogens with zero attached hydrogens (tertiary/aromatic N) is 5. The minimum absolute atomic E-state index is 0.0435. The van der Waals surface area contributed by atoms with Crippen LogP contribution in [0.5, 0.6) is 0 Å². The lowest BCUT2D eigenvalue weighted by Gasteiger charge is -2.33. The minimum Gasteiger partial charge on any atom is -0.465 e. The second kappa shape index (κ2) is 7.83. The van der Waals surface area contributed by atoms with Gasteiger partial charge in [0.05, 0.1) is 17.8 Å². The Hall–Kier alpha value is -3.16. The van der Waals surface area contributed by atoms with Crippen LogP contribution in [0.25, 0.3) is 22.4 Å². The van der Waals surface area contributed by atoms with Gasteiger partial charge in [-0.25, -0.2) is 14.6 Å². The van der Waals surface area contributed by atoms with Crippen molar-refractivity contribution in [1.82, 2.24) is 24.0 Å². The molecule has 0 aromatic carbocycles. The molecule has 0 saturated carbocycles. The third-order valence-electron chi connectivity index (χ3n) is 5.09. The molecule has 0 saturated heterocycles. The maximum absolute atomic E-state index is 12.8. The van der Waals surface area contributed by atoms with Crippen molar-refractivity contribution >= 4 is 17.3 Å². The molecule has 1 N–H and O–H groups in total. The third-order valence-corrected chi connectivity index (χ3v) is 5.09. The molecule has 0 fully saturated rings. The Morgan fingerprint density at radius 3 is 2.39 bits per heavy atom. The van der Waals surface area contributed by atoms with Gasteiger partial charge in [0.2, 0.25) is 0 Å². The SMILES string of the molecule is Cn1c(=O)n(CC(C)(C)C)c2ccc(-c3cncc(CN(C(=O)O)C(C)(C)C)c3)nc21. The summed E-state index contributed by atoms with van der Waals surface area (Å²) in [6, 6.07) is 5.68. The van der Waals surface area contributed by atoms with E-state index in [1.54, 1.807) is 28.6 Å². The molecule has 31 heavy (non-hydrogen) atoms. The lowest BCUT2D eigenvalue weighted by Crippen LogP contribution is -2.44. The molecule has 0 bridgehead atoms. The molecule has 166 valence electrons. The van der Waals surface area contributed by atoms with Crippen LogP contribution in [-0.2, 0) is 20.1 Å². The van der Waals surface area contributed by atoms with E-state index in [-0.39, 0.29) is 17.6 Å². The Balaban J connectivity index is 2.01. The van der Waals surface area contributed by atoms with Gasteiger partial charge >= 0.3 is 11.8 Å². The summed E-state index contributed by atoms with van der Waals surface area (Å²) in [6.45, 7) is 12.7. The highest BCUT2D eigenvalue weighted by Gasteiger charge is 2.26. The second-order valence-corrected chi connectivity index (χ2v) is 10.1. The minimum atomic E-state index is -0.979. The lowest BCUT2D eigenvalue weighted by molar-refractivity contribution is 0.0955. The summed E-state index contributed by atoms with van der Waals surface area (Å²) in [5.41, 5.74) is 2.96. The number of aryl methyl sites for hydroxylation is 1. The van der Waals surface area contributed by atoms with Crippen LogP contribution in [0.1, 0.15) is 47.1 Å². The van der Waals surface area contributed by atoms with Gasteiger partial charge in [0, 0.05) is 37.1 Å².